The second-order valence-corrected chi connectivity index (χ2v) is 8.30. The molecule has 0 aliphatic heterocycles. The Morgan fingerprint density at radius 1 is 1.00 bits per heavy atom. The number of hydrogen-bond acceptors (Lipinski definition) is 3. The van der Waals surface area contributed by atoms with E-state index in [0.717, 1.165) is 51.2 Å². The summed E-state index contributed by atoms with van der Waals surface area (Å²) in [6.45, 7) is 14.6. The molecule has 3 aromatic rings. The van der Waals surface area contributed by atoms with Gasteiger partial charge in [-0.2, -0.15) is 0 Å². The summed E-state index contributed by atoms with van der Waals surface area (Å²) in [5.41, 5.74) is 5.91. The Morgan fingerprint density at radius 2 is 1.63 bits per heavy atom. The zero-order valence-corrected chi connectivity index (χ0v) is 17.4. The van der Waals surface area contributed by atoms with Gasteiger partial charge in [-0.25, -0.2) is 0 Å². The highest BCUT2D eigenvalue weighted by atomic mass is 16.5. The molecule has 0 fully saturated rings. The van der Waals surface area contributed by atoms with Crippen LogP contribution in [-0.4, -0.2) is 10.1 Å². The van der Waals surface area contributed by atoms with Gasteiger partial charge >= 0.3 is 0 Å². The minimum Gasteiger partial charge on any atom is -0.507 e. The minimum atomic E-state index is 0.110. The highest BCUT2D eigenvalue weighted by molar-refractivity contribution is 5.92. The van der Waals surface area contributed by atoms with Crippen molar-refractivity contribution in [1.29, 1.82) is 0 Å². The van der Waals surface area contributed by atoms with Gasteiger partial charge in [0.25, 0.3) is 0 Å². The van der Waals surface area contributed by atoms with Crippen LogP contribution in [0.15, 0.2) is 30.3 Å². The number of rotatable bonds is 3. The summed E-state index contributed by atoms with van der Waals surface area (Å²) < 4.78 is 6.23. The molecular formula is C24H29NO2. The van der Waals surface area contributed by atoms with Crippen molar-refractivity contribution in [3.63, 3.8) is 0 Å². The summed E-state index contributed by atoms with van der Waals surface area (Å²) >= 11 is 0. The van der Waals surface area contributed by atoms with Crippen molar-refractivity contribution in [2.75, 3.05) is 0 Å². The molecular weight excluding hydrogens is 334 g/mol. The average Bonchev–Trinajstić information content (AvgIpc) is 2.61. The van der Waals surface area contributed by atoms with E-state index in [1.807, 2.05) is 39.0 Å². The zero-order valence-electron chi connectivity index (χ0n) is 17.4. The molecule has 3 heteroatoms. The fourth-order valence-corrected chi connectivity index (χ4v) is 3.53. The van der Waals surface area contributed by atoms with Crippen LogP contribution in [-0.2, 0) is 11.8 Å². The summed E-state index contributed by atoms with van der Waals surface area (Å²) in [4.78, 5) is 4.75. The third-order valence-electron chi connectivity index (χ3n) is 5.24. The number of hydrogen-bond donors (Lipinski definition) is 1. The fourth-order valence-electron chi connectivity index (χ4n) is 3.53. The molecule has 0 atom stereocenters. The predicted octanol–water partition coefficient (Wildman–Crippen LogP) is 6.52. The lowest BCUT2D eigenvalue weighted by Crippen LogP contribution is -2.10. The Labute approximate surface area is 162 Å². The summed E-state index contributed by atoms with van der Waals surface area (Å²) in [6.07, 6.45) is 0.797. The maximum Gasteiger partial charge on any atom is 0.134 e. The van der Waals surface area contributed by atoms with Crippen molar-refractivity contribution < 1.29 is 9.84 Å². The molecule has 0 aliphatic carbocycles. The third-order valence-corrected chi connectivity index (χ3v) is 5.24. The lowest BCUT2D eigenvalue weighted by molar-refractivity contribution is 0.468. The number of fused-ring (bicyclic) bond motifs is 1. The van der Waals surface area contributed by atoms with E-state index in [-0.39, 0.29) is 5.41 Å². The van der Waals surface area contributed by atoms with Crippen molar-refractivity contribution in [2.24, 2.45) is 0 Å². The third kappa shape index (κ3) is 3.51. The van der Waals surface area contributed by atoms with E-state index in [9.17, 15) is 5.11 Å². The van der Waals surface area contributed by atoms with E-state index < -0.39 is 0 Å². The average molecular weight is 364 g/mol. The number of nitrogens with zero attached hydrogens (tertiary/aromatic N) is 1. The molecule has 0 bridgehead atoms. The van der Waals surface area contributed by atoms with Gasteiger partial charge in [0.2, 0.25) is 0 Å². The molecule has 3 rings (SSSR count). The molecule has 1 N–H and O–H groups in total. The first-order chi connectivity index (χ1) is 12.6. The van der Waals surface area contributed by atoms with Crippen molar-refractivity contribution in [1.82, 2.24) is 4.98 Å². The van der Waals surface area contributed by atoms with Crippen LogP contribution < -0.4 is 4.74 Å². The Bertz CT molecular complexity index is 996. The molecule has 0 aliphatic rings. The van der Waals surface area contributed by atoms with E-state index >= 15 is 0 Å². The molecule has 1 heterocycles. The second-order valence-electron chi connectivity index (χ2n) is 8.30. The van der Waals surface area contributed by atoms with E-state index in [2.05, 4.69) is 39.8 Å². The highest BCUT2D eigenvalue weighted by Crippen LogP contribution is 2.40. The van der Waals surface area contributed by atoms with E-state index in [1.54, 1.807) is 0 Å². The predicted molar refractivity (Wildman–Crippen MR) is 112 cm³/mol. The molecule has 0 radical (unpaired) electrons. The number of ether oxygens (including phenoxy) is 1. The van der Waals surface area contributed by atoms with Gasteiger partial charge < -0.3 is 9.84 Å². The Kier molecular flexibility index (Phi) is 4.90. The first-order valence-electron chi connectivity index (χ1n) is 9.54. The van der Waals surface area contributed by atoms with Crippen molar-refractivity contribution in [2.45, 2.75) is 60.3 Å². The van der Waals surface area contributed by atoms with Crippen LogP contribution in [0.2, 0.25) is 0 Å². The molecule has 0 saturated heterocycles. The number of aromatic nitrogens is 1. The highest BCUT2D eigenvalue weighted by Gasteiger charge is 2.18. The van der Waals surface area contributed by atoms with Crippen LogP contribution in [0.1, 0.15) is 55.6 Å². The van der Waals surface area contributed by atoms with E-state index in [0.29, 0.717) is 5.75 Å². The molecule has 3 nitrogen and oxygen atoms in total. The SMILES string of the molecule is CCc1nc2cc(C)c(Oc3ccc(C(C)(C)C)cc3)c(C)c2c(O)c1C. The number of aryl methyl sites for hydroxylation is 3. The standard InChI is InChI=1S/C24H29NO2/c1-8-19-15(3)22(26)21-16(4)23(14(2)13-20(21)25-19)27-18-11-9-17(10-12-18)24(5,6)7/h9-13H,8H2,1-7H3,(H,25,26). The molecule has 142 valence electrons. The Balaban J connectivity index is 2.08. The number of aromatic hydroxyl groups is 1. The topological polar surface area (TPSA) is 42.4 Å². The fraction of sp³-hybridized carbons (Fsp3) is 0.375. The van der Waals surface area contributed by atoms with Gasteiger partial charge in [-0.1, -0.05) is 39.8 Å². The van der Waals surface area contributed by atoms with Crippen LogP contribution in [0.5, 0.6) is 17.2 Å². The van der Waals surface area contributed by atoms with Crippen molar-refractivity contribution in [3.8, 4) is 17.2 Å². The lowest BCUT2D eigenvalue weighted by atomic mass is 9.87. The maximum absolute atomic E-state index is 10.8. The van der Waals surface area contributed by atoms with Gasteiger partial charge in [0, 0.05) is 22.2 Å². The number of benzene rings is 2. The maximum atomic E-state index is 10.8. The molecule has 0 saturated carbocycles. The van der Waals surface area contributed by atoms with Crippen LogP contribution in [0, 0.1) is 20.8 Å². The molecule has 27 heavy (non-hydrogen) atoms. The summed E-state index contributed by atoms with van der Waals surface area (Å²) in [5, 5.41) is 11.5. The van der Waals surface area contributed by atoms with Crippen LogP contribution >= 0.6 is 0 Å². The van der Waals surface area contributed by atoms with Crippen LogP contribution in [0.3, 0.4) is 0 Å². The van der Waals surface area contributed by atoms with Crippen LogP contribution in [0.25, 0.3) is 10.9 Å². The Morgan fingerprint density at radius 3 is 2.19 bits per heavy atom. The Hall–Kier alpha value is -2.55. The molecule has 0 amide bonds. The number of pyridine rings is 1. The normalized spacial score (nSPS) is 11.8. The monoisotopic (exact) mass is 363 g/mol. The van der Waals surface area contributed by atoms with Crippen molar-refractivity contribution in [3.05, 3.63) is 58.3 Å². The van der Waals surface area contributed by atoms with E-state index in [1.165, 1.54) is 5.56 Å². The van der Waals surface area contributed by atoms with Crippen molar-refractivity contribution >= 4 is 10.9 Å². The molecule has 0 unspecified atom stereocenters. The molecule has 1 aromatic heterocycles. The first-order valence-corrected chi connectivity index (χ1v) is 9.54. The van der Waals surface area contributed by atoms with Gasteiger partial charge in [0.15, 0.2) is 0 Å². The smallest absolute Gasteiger partial charge is 0.134 e. The van der Waals surface area contributed by atoms with Crippen LogP contribution in [0.4, 0.5) is 0 Å². The zero-order chi connectivity index (χ0) is 19.9. The van der Waals surface area contributed by atoms with Gasteiger partial charge in [-0.05, 0) is 61.9 Å². The van der Waals surface area contributed by atoms with Gasteiger partial charge in [0.05, 0.1) is 5.52 Å². The summed E-state index contributed by atoms with van der Waals surface area (Å²) in [6, 6.07) is 10.2. The molecule has 2 aromatic carbocycles. The largest absolute Gasteiger partial charge is 0.507 e. The second kappa shape index (κ2) is 6.88. The summed E-state index contributed by atoms with van der Waals surface area (Å²) in [5.74, 6) is 1.89. The van der Waals surface area contributed by atoms with Gasteiger partial charge in [-0.15, -0.1) is 0 Å². The quantitative estimate of drug-likeness (QED) is 0.576. The van der Waals surface area contributed by atoms with Gasteiger partial charge in [0.1, 0.15) is 17.2 Å². The van der Waals surface area contributed by atoms with E-state index in [4.69, 9.17) is 9.72 Å². The molecule has 0 spiro atoms. The first kappa shape index (κ1) is 19.2. The minimum absolute atomic E-state index is 0.110. The lowest BCUT2D eigenvalue weighted by Gasteiger charge is -2.20. The summed E-state index contributed by atoms with van der Waals surface area (Å²) in [7, 11) is 0. The van der Waals surface area contributed by atoms with Gasteiger partial charge in [-0.3, -0.25) is 4.98 Å².